The van der Waals surface area contributed by atoms with Crippen LogP contribution in [0.3, 0.4) is 0 Å². The molecule has 3 aromatic rings. The first-order valence-electron chi connectivity index (χ1n) is 17.2. The molecule has 10 nitrogen and oxygen atoms in total. The number of carbonyl (C=O) groups excluding carboxylic acids is 3. The summed E-state index contributed by atoms with van der Waals surface area (Å²) in [5.41, 5.74) is 1.32. The molecule has 3 fully saturated rings. The Morgan fingerprint density at radius 1 is 0.979 bits per heavy atom. The second-order valence-corrected chi connectivity index (χ2v) is 15.9. The first-order valence-corrected chi connectivity index (χ1v) is 18.7. The van der Waals surface area contributed by atoms with E-state index in [1.54, 1.807) is 11.1 Å². The lowest BCUT2D eigenvalue weighted by atomic mass is 9.90. The fraction of sp³-hybridized carbons (Fsp3) is 0.486. The highest BCUT2D eigenvalue weighted by Crippen LogP contribution is 2.57. The van der Waals surface area contributed by atoms with E-state index in [9.17, 15) is 22.8 Å². The predicted molar refractivity (Wildman–Crippen MR) is 180 cm³/mol. The molecule has 2 saturated carbocycles. The molecule has 48 heavy (non-hydrogen) atoms. The number of para-hydroxylation sites is 2. The predicted octanol–water partition coefficient (Wildman–Crippen LogP) is 4.93. The summed E-state index contributed by atoms with van der Waals surface area (Å²) < 4.78 is 34.2. The molecule has 5 atom stereocenters. The molecule has 1 N–H and O–H groups in total. The van der Waals surface area contributed by atoms with Crippen LogP contribution in [0.2, 0.25) is 0 Å². The molecule has 0 unspecified atom stereocenters. The van der Waals surface area contributed by atoms with Crippen molar-refractivity contribution in [2.45, 2.75) is 88.0 Å². The van der Waals surface area contributed by atoms with Crippen molar-refractivity contribution >= 4 is 38.7 Å². The van der Waals surface area contributed by atoms with Crippen molar-refractivity contribution in [2.24, 2.45) is 17.3 Å². The molecule has 2 amide bonds. The molecule has 0 bridgehead atoms. The summed E-state index contributed by atoms with van der Waals surface area (Å²) in [5.74, 6) is -1.20. The minimum absolute atomic E-state index is 0.0944. The number of allylic oxidation sites excluding steroid dienone is 2. The fourth-order valence-electron chi connectivity index (χ4n) is 7.39. The number of fused-ring (bicyclic) bond motifs is 3. The minimum atomic E-state index is -3.79. The first kappa shape index (κ1) is 32.4. The van der Waals surface area contributed by atoms with Gasteiger partial charge in [-0.1, -0.05) is 67.5 Å². The summed E-state index contributed by atoms with van der Waals surface area (Å²) in [7, 11) is -3.79. The Hall–Kier alpha value is -4.12. The van der Waals surface area contributed by atoms with Gasteiger partial charge in [0.25, 0.3) is 0 Å². The molecule has 0 radical (unpaired) electrons. The Morgan fingerprint density at radius 2 is 1.75 bits per heavy atom. The van der Waals surface area contributed by atoms with Crippen molar-refractivity contribution in [1.82, 2.24) is 19.6 Å². The molecule has 11 heteroatoms. The smallest absolute Gasteiger partial charge is 0.240 e. The molecule has 3 heterocycles. The van der Waals surface area contributed by atoms with Crippen molar-refractivity contribution in [3.05, 3.63) is 78.5 Å². The summed E-state index contributed by atoms with van der Waals surface area (Å²) in [4.78, 5) is 53.2. The van der Waals surface area contributed by atoms with Crippen LogP contribution in [0.4, 0.5) is 0 Å². The van der Waals surface area contributed by atoms with Crippen LogP contribution in [0.25, 0.3) is 11.0 Å². The molecule has 0 spiro atoms. The van der Waals surface area contributed by atoms with E-state index in [-0.39, 0.29) is 42.9 Å². The van der Waals surface area contributed by atoms with E-state index in [4.69, 9.17) is 4.74 Å². The molecule has 2 aliphatic heterocycles. The Labute approximate surface area is 281 Å². The standard InChI is InChI=1S/C37H42N4O6S/c42-33-22-37(36(44)40-48(45,46)29-17-18-29)21-27(37)14-8-3-1-2-7-13-26(19-25-11-5-4-6-12-25)35(43)41-24-28(20-32(33)41)47-34-23-38-30-15-9-10-16-31(30)39-34/h4-6,8-12,14-16,23,26-29,32H,1-3,7,13,17-22,24H2,(H,40,44)/b14-8-/t26-,27+,28-,32+,37-/m1/s1. The van der Waals surface area contributed by atoms with Gasteiger partial charge >= 0.3 is 0 Å². The van der Waals surface area contributed by atoms with Crippen LogP contribution in [0.1, 0.15) is 69.8 Å². The lowest BCUT2D eigenvalue weighted by molar-refractivity contribution is -0.142. The van der Waals surface area contributed by atoms with Gasteiger partial charge in [0.2, 0.25) is 27.7 Å². The van der Waals surface area contributed by atoms with Crippen molar-refractivity contribution < 1.29 is 27.5 Å². The summed E-state index contributed by atoms with van der Waals surface area (Å²) in [5, 5.41) is -0.552. The maximum atomic E-state index is 14.5. The zero-order valence-electron chi connectivity index (χ0n) is 27.0. The largest absolute Gasteiger partial charge is 0.471 e. The minimum Gasteiger partial charge on any atom is -0.471 e. The SMILES string of the molecule is O=C1C[C@]2(C(=O)NS(=O)(=O)C3CC3)C[C@@H]2/C=C\CCCCC[C@H](Cc2ccccc2)C(=O)N2C[C@H](Oc3cnc4ccccc4n3)C[C@@H]12. The third-order valence-corrected chi connectivity index (χ3v) is 12.2. The normalized spacial score (nSPS) is 28.9. The highest BCUT2D eigenvalue weighted by molar-refractivity contribution is 7.90. The van der Waals surface area contributed by atoms with Crippen molar-refractivity contribution in [3.8, 4) is 5.88 Å². The Morgan fingerprint density at radius 3 is 2.54 bits per heavy atom. The van der Waals surface area contributed by atoms with Gasteiger partial charge in [-0.05, 0) is 68.6 Å². The molecule has 1 aromatic heterocycles. The number of nitrogens with one attached hydrogen (secondary N) is 1. The van der Waals surface area contributed by atoms with Crippen LogP contribution in [0.15, 0.2) is 72.9 Å². The van der Waals surface area contributed by atoms with Crippen LogP contribution in [0.5, 0.6) is 5.88 Å². The number of hydrogen-bond acceptors (Lipinski definition) is 8. The highest BCUT2D eigenvalue weighted by Gasteiger charge is 2.61. The zero-order valence-corrected chi connectivity index (χ0v) is 27.8. The molecule has 2 aromatic carbocycles. The van der Waals surface area contributed by atoms with Crippen LogP contribution in [0, 0.1) is 17.3 Å². The van der Waals surface area contributed by atoms with Gasteiger partial charge in [0, 0.05) is 18.8 Å². The van der Waals surface area contributed by atoms with Crippen molar-refractivity contribution in [1.29, 1.82) is 0 Å². The van der Waals surface area contributed by atoms with Gasteiger partial charge < -0.3 is 9.64 Å². The van der Waals surface area contributed by atoms with Gasteiger partial charge in [-0.3, -0.25) is 19.1 Å². The third kappa shape index (κ3) is 7.02. The molecular weight excluding hydrogens is 628 g/mol. The number of nitrogens with zero attached hydrogens (tertiary/aromatic N) is 3. The number of benzene rings is 2. The molecule has 2 aliphatic carbocycles. The number of ketones is 1. The maximum Gasteiger partial charge on any atom is 0.240 e. The molecule has 1 saturated heterocycles. The second kappa shape index (κ2) is 13.4. The quantitative estimate of drug-likeness (QED) is 0.350. The average molecular weight is 671 g/mol. The summed E-state index contributed by atoms with van der Waals surface area (Å²) in [6.07, 6.45) is 11.5. The molecule has 7 rings (SSSR count). The van der Waals surface area contributed by atoms with Crippen LogP contribution in [-0.2, 0) is 30.8 Å². The Bertz CT molecular complexity index is 1830. The van der Waals surface area contributed by atoms with E-state index in [1.165, 1.54) is 0 Å². The van der Waals surface area contributed by atoms with Crippen LogP contribution < -0.4 is 9.46 Å². The zero-order chi connectivity index (χ0) is 33.3. The highest BCUT2D eigenvalue weighted by atomic mass is 32.2. The van der Waals surface area contributed by atoms with Crippen LogP contribution >= 0.6 is 0 Å². The number of amides is 2. The van der Waals surface area contributed by atoms with Gasteiger partial charge in [0.1, 0.15) is 6.10 Å². The van der Waals surface area contributed by atoms with Gasteiger partial charge in [-0.25, -0.2) is 18.4 Å². The van der Waals surface area contributed by atoms with E-state index >= 15 is 0 Å². The number of sulfonamides is 1. The van der Waals surface area contributed by atoms with Gasteiger partial charge in [0.15, 0.2) is 5.78 Å². The third-order valence-electron chi connectivity index (χ3n) is 10.4. The summed E-state index contributed by atoms with van der Waals surface area (Å²) in [6, 6.07) is 16.6. The van der Waals surface area contributed by atoms with E-state index in [1.807, 2.05) is 60.7 Å². The Kier molecular flexibility index (Phi) is 9.06. The van der Waals surface area contributed by atoms with E-state index in [2.05, 4.69) is 20.8 Å². The number of aromatic nitrogens is 2. The van der Waals surface area contributed by atoms with Crippen LogP contribution in [-0.4, -0.2) is 64.8 Å². The molecule has 252 valence electrons. The first-order chi connectivity index (χ1) is 23.2. The van der Waals surface area contributed by atoms with E-state index < -0.39 is 38.7 Å². The van der Waals surface area contributed by atoms with E-state index in [0.29, 0.717) is 43.5 Å². The summed E-state index contributed by atoms with van der Waals surface area (Å²) in [6.45, 7) is 0.202. The second-order valence-electron chi connectivity index (χ2n) is 13.9. The van der Waals surface area contributed by atoms with Gasteiger partial charge in [-0.15, -0.1) is 0 Å². The van der Waals surface area contributed by atoms with Crippen molar-refractivity contribution in [2.75, 3.05) is 6.54 Å². The number of Topliss-reactive ketones (excluding diaryl/α,β-unsaturated/α-hetero) is 1. The molecular formula is C37H42N4O6S. The number of carbonyl (C=O) groups is 3. The average Bonchev–Trinajstić information content (AvgIpc) is 4.01. The molecule has 4 aliphatic rings. The lowest BCUT2D eigenvalue weighted by Crippen LogP contribution is -2.46. The monoisotopic (exact) mass is 670 g/mol. The van der Waals surface area contributed by atoms with E-state index in [0.717, 1.165) is 36.8 Å². The Balaban J connectivity index is 1.18. The topological polar surface area (TPSA) is 136 Å². The fourth-order valence-corrected chi connectivity index (χ4v) is 8.77. The maximum absolute atomic E-state index is 14.5. The summed E-state index contributed by atoms with van der Waals surface area (Å²) >= 11 is 0. The number of hydrogen-bond donors (Lipinski definition) is 1. The van der Waals surface area contributed by atoms with Crippen molar-refractivity contribution in [3.63, 3.8) is 0 Å². The van der Waals surface area contributed by atoms with Gasteiger partial charge in [-0.2, -0.15) is 0 Å². The lowest BCUT2D eigenvalue weighted by Gasteiger charge is -2.29. The van der Waals surface area contributed by atoms with Gasteiger partial charge in [0.05, 0.1) is 40.5 Å². The number of rotatable bonds is 7. The number of ether oxygens (including phenoxy) is 1.